The summed E-state index contributed by atoms with van der Waals surface area (Å²) in [5.74, 6) is 5.14. The molecular formula is C44H60Cl2N2O4S4. The van der Waals surface area contributed by atoms with Gasteiger partial charge in [-0.1, -0.05) is 78.6 Å². The SMILES string of the molecule is CC(C)[C@@H]1CCCc2ncsc21.CC(C)[C@@H]1CCS(=O)(=O)c2ccc(Cl)cc21.CC(C)[C@H]1CCCc2ncsc21.CC(C)[C@H]1CCS(=O)(=O)c2ccc(Cl)cc21. The molecule has 4 atom stereocenters. The van der Waals surface area contributed by atoms with Crippen molar-refractivity contribution < 1.29 is 16.8 Å². The lowest BCUT2D eigenvalue weighted by atomic mass is 9.84. The van der Waals surface area contributed by atoms with Crippen molar-refractivity contribution in [3.8, 4) is 0 Å². The Hall–Kier alpha value is -1.82. The van der Waals surface area contributed by atoms with E-state index in [1.54, 1.807) is 46.2 Å². The van der Waals surface area contributed by atoms with Crippen LogP contribution in [-0.2, 0) is 32.5 Å². The molecule has 12 heteroatoms. The van der Waals surface area contributed by atoms with Crippen molar-refractivity contribution in [3.63, 3.8) is 0 Å². The van der Waals surface area contributed by atoms with Crippen LogP contribution in [0.3, 0.4) is 0 Å². The summed E-state index contributed by atoms with van der Waals surface area (Å²) < 4.78 is 47.6. The second-order valence-corrected chi connectivity index (χ2v) is 23.9. The lowest BCUT2D eigenvalue weighted by Gasteiger charge is -2.28. The number of rotatable bonds is 4. The molecule has 56 heavy (non-hydrogen) atoms. The second-order valence-electron chi connectivity index (χ2n) is 17.1. The highest BCUT2D eigenvalue weighted by molar-refractivity contribution is 7.91. The molecule has 4 aliphatic rings. The number of halogens is 2. The first-order valence-corrected chi connectivity index (χ1v) is 26.1. The van der Waals surface area contributed by atoms with Crippen LogP contribution < -0.4 is 0 Å². The van der Waals surface area contributed by atoms with E-state index < -0.39 is 19.7 Å². The third-order valence-corrected chi connectivity index (χ3v) is 18.0. The first kappa shape index (κ1) is 45.3. The van der Waals surface area contributed by atoms with Gasteiger partial charge in [-0.3, -0.25) is 0 Å². The van der Waals surface area contributed by atoms with Crippen molar-refractivity contribution in [1.82, 2.24) is 9.97 Å². The van der Waals surface area contributed by atoms with Crippen LogP contribution in [0.4, 0.5) is 0 Å². The molecule has 2 aromatic carbocycles. The Balaban J connectivity index is 0.000000144. The molecule has 308 valence electrons. The van der Waals surface area contributed by atoms with E-state index in [1.165, 1.54) is 49.9 Å². The van der Waals surface area contributed by atoms with E-state index in [0.29, 0.717) is 56.3 Å². The zero-order chi connectivity index (χ0) is 40.9. The highest BCUT2D eigenvalue weighted by Gasteiger charge is 2.33. The summed E-state index contributed by atoms with van der Waals surface area (Å²) in [6.45, 7) is 17.7. The van der Waals surface area contributed by atoms with Gasteiger partial charge in [0.2, 0.25) is 0 Å². The van der Waals surface area contributed by atoms with Gasteiger partial charge in [-0.2, -0.15) is 0 Å². The van der Waals surface area contributed by atoms with Gasteiger partial charge in [0.05, 0.1) is 43.7 Å². The van der Waals surface area contributed by atoms with Crippen LogP contribution in [0.5, 0.6) is 0 Å². The molecule has 8 rings (SSSR count). The quantitative estimate of drug-likeness (QED) is 0.203. The molecule has 0 N–H and O–H groups in total. The Morgan fingerprint density at radius 2 is 0.911 bits per heavy atom. The molecule has 0 amide bonds. The van der Waals surface area contributed by atoms with Gasteiger partial charge in [0.15, 0.2) is 19.7 Å². The van der Waals surface area contributed by atoms with Gasteiger partial charge in [-0.25, -0.2) is 26.8 Å². The first-order valence-electron chi connectivity index (χ1n) is 20.3. The monoisotopic (exact) mass is 878 g/mol. The molecule has 2 aromatic heterocycles. The molecule has 0 radical (unpaired) electrons. The molecule has 0 spiro atoms. The number of aromatic nitrogens is 2. The lowest BCUT2D eigenvalue weighted by molar-refractivity contribution is 0.438. The first-order chi connectivity index (χ1) is 26.4. The lowest BCUT2D eigenvalue weighted by Crippen LogP contribution is -2.22. The fourth-order valence-electron chi connectivity index (χ4n) is 8.71. The minimum atomic E-state index is -3.08. The van der Waals surface area contributed by atoms with E-state index in [1.807, 2.05) is 33.7 Å². The summed E-state index contributed by atoms with van der Waals surface area (Å²) in [6, 6.07) is 10.2. The van der Waals surface area contributed by atoms with Crippen LogP contribution in [0, 0.1) is 23.7 Å². The van der Waals surface area contributed by atoms with Gasteiger partial charge in [0.25, 0.3) is 0 Å². The van der Waals surface area contributed by atoms with Crippen LogP contribution in [0.1, 0.15) is 150 Å². The molecule has 0 saturated heterocycles. The molecule has 0 unspecified atom stereocenters. The minimum absolute atomic E-state index is 0.254. The highest BCUT2D eigenvalue weighted by Crippen LogP contribution is 2.42. The molecular weight excluding hydrogens is 820 g/mol. The Kier molecular flexibility index (Phi) is 15.8. The maximum absolute atomic E-state index is 11.9. The van der Waals surface area contributed by atoms with Gasteiger partial charge in [-0.15, -0.1) is 22.7 Å². The summed E-state index contributed by atoms with van der Waals surface area (Å²) >= 11 is 15.6. The van der Waals surface area contributed by atoms with Crippen LogP contribution in [-0.4, -0.2) is 38.3 Å². The van der Waals surface area contributed by atoms with E-state index in [4.69, 9.17) is 23.2 Å². The van der Waals surface area contributed by atoms with Crippen LogP contribution in [0.15, 0.2) is 57.2 Å². The number of nitrogens with zero attached hydrogens (tertiary/aromatic N) is 2. The van der Waals surface area contributed by atoms with Gasteiger partial charge >= 0.3 is 0 Å². The van der Waals surface area contributed by atoms with Crippen molar-refractivity contribution >= 4 is 65.5 Å². The average molecular weight is 880 g/mol. The van der Waals surface area contributed by atoms with Crippen molar-refractivity contribution in [3.05, 3.63) is 89.7 Å². The Labute approximate surface area is 355 Å². The topological polar surface area (TPSA) is 94.1 Å². The molecule has 0 saturated carbocycles. The number of aryl methyl sites for hydroxylation is 2. The van der Waals surface area contributed by atoms with E-state index in [9.17, 15) is 16.8 Å². The zero-order valence-corrected chi connectivity index (χ0v) is 39.0. The van der Waals surface area contributed by atoms with E-state index in [0.717, 1.165) is 34.8 Å². The number of sulfone groups is 2. The summed E-state index contributed by atoms with van der Waals surface area (Å²) in [5, 5.41) is 1.23. The fraction of sp³-hybridized carbons (Fsp3) is 0.591. The van der Waals surface area contributed by atoms with Crippen molar-refractivity contribution in [2.75, 3.05) is 11.5 Å². The molecule has 0 fully saturated rings. The molecule has 2 aliphatic heterocycles. The third kappa shape index (κ3) is 10.9. The molecule has 4 heterocycles. The van der Waals surface area contributed by atoms with Gasteiger partial charge in [0.1, 0.15) is 0 Å². The number of hydrogen-bond donors (Lipinski definition) is 0. The van der Waals surface area contributed by atoms with Crippen LogP contribution in [0.2, 0.25) is 10.0 Å². The van der Waals surface area contributed by atoms with Gasteiger partial charge in [0, 0.05) is 19.8 Å². The number of benzene rings is 2. The smallest absolute Gasteiger partial charge is 0.178 e. The zero-order valence-electron chi connectivity index (χ0n) is 34.2. The number of fused-ring (bicyclic) bond motifs is 4. The van der Waals surface area contributed by atoms with Crippen molar-refractivity contribution in [2.24, 2.45) is 23.7 Å². The Morgan fingerprint density at radius 3 is 1.25 bits per heavy atom. The van der Waals surface area contributed by atoms with E-state index in [-0.39, 0.29) is 11.5 Å². The van der Waals surface area contributed by atoms with Crippen LogP contribution in [0.25, 0.3) is 0 Å². The third-order valence-electron chi connectivity index (χ3n) is 11.9. The Morgan fingerprint density at radius 1 is 0.554 bits per heavy atom. The van der Waals surface area contributed by atoms with E-state index >= 15 is 0 Å². The van der Waals surface area contributed by atoms with Gasteiger partial charge < -0.3 is 0 Å². The largest absolute Gasteiger partial charge is 0.249 e. The fourth-order valence-corrected chi connectivity index (χ4v) is 14.6. The predicted molar refractivity (Wildman–Crippen MR) is 237 cm³/mol. The van der Waals surface area contributed by atoms with Gasteiger partial charge in [-0.05, 0) is 146 Å². The summed E-state index contributed by atoms with van der Waals surface area (Å²) in [6.07, 6.45) is 9.23. The summed E-state index contributed by atoms with van der Waals surface area (Å²) in [4.78, 5) is 12.9. The number of thiazole rings is 2. The maximum atomic E-state index is 11.9. The minimum Gasteiger partial charge on any atom is -0.249 e. The summed E-state index contributed by atoms with van der Waals surface area (Å²) in [5.41, 5.74) is 8.56. The average Bonchev–Trinajstić information content (AvgIpc) is 3.82. The standard InChI is InChI=1S/2C12H15ClO2S.2C10H15NS/c2*1-8(2)10-5-6-16(14,15)12-4-3-9(13)7-11(10)12;2*1-7(2)8-4-3-5-9-10(8)12-6-11-9/h2*3-4,7-8,10H,5-6H2,1-2H3;2*6-8H,3-5H2,1-2H3/t2*10-;2*8-/m1010/s1. The predicted octanol–water partition coefficient (Wildman–Crippen LogP) is 13.0. The second kappa shape index (κ2) is 19.5. The summed E-state index contributed by atoms with van der Waals surface area (Å²) in [7, 11) is -6.17. The maximum Gasteiger partial charge on any atom is 0.178 e. The molecule has 2 aliphatic carbocycles. The van der Waals surface area contributed by atoms with E-state index in [2.05, 4.69) is 65.4 Å². The molecule has 0 bridgehead atoms. The normalized spacial score (nSPS) is 23.0. The Bertz CT molecular complexity index is 1990. The van der Waals surface area contributed by atoms with Crippen LogP contribution >= 0.6 is 45.9 Å². The highest BCUT2D eigenvalue weighted by atomic mass is 35.5. The van der Waals surface area contributed by atoms with Crippen molar-refractivity contribution in [1.29, 1.82) is 0 Å². The molecule has 4 aromatic rings. The number of hydrogen-bond acceptors (Lipinski definition) is 8. The van der Waals surface area contributed by atoms with Crippen molar-refractivity contribution in [2.45, 2.75) is 140 Å². The molecule has 6 nitrogen and oxygen atoms in total.